The van der Waals surface area contributed by atoms with Gasteiger partial charge in [0.25, 0.3) is 5.91 Å². The molecule has 0 atom stereocenters. The van der Waals surface area contributed by atoms with Crippen molar-refractivity contribution in [2.75, 3.05) is 26.2 Å². The van der Waals surface area contributed by atoms with Crippen molar-refractivity contribution in [2.45, 2.75) is 0 Å². The summed E-state index contributed by atoms with van der Waals surface area (Å²) in [7, 11) is 1.66. The van der Waals surface area contributed by atoms with Crippen LogP contribution in [0.4, 0.5) is 0 Å². The average Bonchev–Trinajstić information content (AvgIpc) is 2.65. The van der Waals surface area contributed by atoms with Crippen LogP contribution in [0.1, 0.15) is 10.6 Å². The fourth-order valence-electron chi connectivity index (χ4n) is 1.42. The molecule has 1 aromatic rings. The zero-order valence-corrected chi connectivity index (χ0v) is 7.97. The summed E-state index contributed by atoms with van der Waals surface area (Å²) in [6, 6.07) is 0. The summed E-state index contributed by atoms with van der Waals surface area (Å²) in [6.07, 6.45) is 0. The van der Waals surface area contributed by atoms with Gasteiger partial charge in [-0.05, 0) is 10.4 Å². The maximum atomic E-state index is 11.8. The summed E-state index contributed by atoms with van der Waals surface area (Å²) >= 11 is 0. The standard InChI is InChI=1S/C7H12N6O/c1-12-6(9-10-11-12)7(14)13-4-2-8-3-5-13/h8H,2-5H2,1H3. The van der Waals surface area contributed by atoms with E-state index < -0.39 is 0 Å². The van der Waals surface area contributed by atoms with Gasteiger partial charge in [-0.15, -0.1) is 5.10 Å². The molecule has 1 saturated heterocycles. The Hall–Kier alpha value is -1.50. The Labute approximate surface area is 81.1 Å². The van der Waals surface area contributed by atoms with Crippen LogP contribution in [-0.4, -0.2) is 57.2 Å². The maximum Gasteiger partial charge on any atom is 0.293 e. The molecule has 7 heteroatoms. The quantitative estimate of drug-likeness (QED) is 0.576. The van der Waals surface area contributed by atoms with Gasteiger partial charge in [-0.25, -0.2) is 4.68 Å². The van der Waals surface area contributed by atoms with E-state index in [1.165, 1.54) is 4.68 Å². The molecule has 1 N–H and O–H groups in total. The van der Waals surface area contributed by atoms with Crippen molar-refractivity contribution in [2.24, 2.45) is 7.05 Å². The molecule has 1 aromatic heterocycles. The lowest BCUT2D eigenvalue weighted by Gasteiger charge is -2.26. The molecule has 1 fully saturated rings. The molecule has 76 valence electrons. The number of nitrogens with zero attached hydrogens (tertiary/aromatic N) is 5. The Morgan fingerprint density at radius 2 is 2.14 bits per heavy atom. The SMILES string of the molecule is Cn1nnnc1C(=O)N1CCNCC1. The van der Waals surface area contributed by atoms with Gasteiger partial charge in [-0.1, -0.05) is 0 Å². The molecule has 2 rings (SSSR count). The molecular weight excluding hydrogens is 184 g/mol. The molecule has 0 unspecified atom stereocenters. The first-order valence-electron chi connectivity index (χ1n) is 4.51. The molecule has 14 heavy (non-hydrogen) atoms. The van der Waals surface area contributed by atoms with Crippen LogP contribution in [0.5, 0.6) is 0 Å². The lowest BCUT2D eigenvalue weighted by atomic mass is 10.3. The predicted molar refractivity (Wildman–Crippen MR) is 47.6 cm³/mol. The first-order valence-corrected chi connectivity index (χ1v) is 4.51. The van der Waals surface area contributed by atoms with Gasteiger partial charge >= 0.3 is 0 Å². The second-order valence-corrected chi connectivity index (χ2v) is 3.17. The molecular formula is C7H12N6O. The van der Waals surface area contributed by atoms with Crippen LogP contribution in [0.15, 0.2) is 0 Å². The number of carbonyl (C=O) groups is 1. The van der Waals surface area contributed by atoms with Gasteiger partial charge in [0.1, 0.15) is 0 Å². The van der Waals surface area contributed by atoms with Crippen molar-refractivity contribution in [1.82, 2.24) is 30.4 Å². The summed E-state index contributed by atoms with van der Waals surface area (Å²) < 4.78 is 1.39. The zero-order valence-electron chi connectivity index (χ0n) is 7.97. The smallest absolute Gasteiger partial charge is 0.293 e. The van der Waals surface area contributed by atoms with Gasteiger partial charge in [0.2, 0.25) is 5.82 Å². The number of piperazine rings is 1. The number of tetrazole rings is 1. The topological polar surface area (TPSA) is 75.9 Å². The minimum absolute atomic E-state index is 0.0981. The van der Waals surface area contributed by atoms with E-state index >= 15 is 0 Å². The van der Waals surface area contributed by atoms with Crippen LogP contribution in [0.25, 0.3) is 0 Å². The van der Waals surface area contributed by atoms with Crippen LogP contribution in [0, 0.1) is 0 Å². The van der Waals surface area contributed by atoms with Crippen LogP contribution in [0.2, 0.25) is 0 Å². The molecule has 1 aliphatic rings. The number of aromatic nitrogens is 4. The van der Waals surface area contributed by atoms with Gasteiger partial charge in [0, 0.05) is 33.2 Å². The highest BCUT2D eigenvalue weighted by atomic mass is 16.2. The van der Waals surface area contributed by atoms with Crippen molar-refractivity contribution in [3.63, 3.8) is 0 Å². The number of hydrogen-bond acceptors (Lipinski definition) is 5. The highest BCUT2D eigenvalue weighted by molar-refractivity contribution is 5.90. The Bertz CT molecular complexity index is 329. The minimum Gasteiger partial charge on any atom is -0.333 e. The molecule has 2 heterocycles. The van der Waals surface area contributed by atoms with E-state index in [9.17, 15) is 4.79 Å². The Morgan fingerprint density at radius 3 is 2.71 bits per heavy atom. The number of amides is 1. The third-order valence-electron chi connectivity index (χ3n) is 2.22. The molecule has 0 spiro atoms. The van der Waals surface area contributed by atoms with E-state index in [4.69, 9.17) is 0 Å². The molecule has 1 aliphatic heterocycles. The molecule has 0 bridgehead atoms. The van der Waals surface area contributed by atoms with E-state index in [1.807, 2.05) is 0 Å². The van der Waals surface area contributed by atoms with Crippen LogP contribution in [-0.2, 0) is 7.05 Å². The number of aryl methyl sites for hydroxylation is 1. The number of hydrogen-bond donors (Lipinski definition) is 1. The highest BCUT2D eigenvalue weighted by Gasteiger charge is 2.22. The second-order valence-electron chi connectivity index (χ2n) is 3.17. The molecule has 0 saturated carbocycles. The third kappa shape index (κ3) is 1.58. The summed E-state index contributed by atoms with van der Waals surface area (Å²) in [5.41, 5.74) is 0. The van der Waals surface area contributed by atoms with Gasteiger partial charge in [-0.2, -0.15) is 0 Å². The number of carbonyl (C=O) groups excluding carboxylic acids is 1. The summed E-state index contributed by atoms with van der Waals surface area (Å²) in [5, 5.41) is 13.9. The normalized spacial score (nSPS) is 17.1. The number of nitrogens with one attached hydrogen (secondary N) is 1. The summed E-state index contributed by atoms with van der Waals surface area (Å²) in [5.74, 6) is 0.200. The van der Waals surface area contributed by atoms with Crippen LogP contribution in [0.3, 0.4) is 0 Å². The van der Waals surface area contributed by atoms with Crippen molar-refractivity contribution in [1.29, 1.82) is 0 Å². The van der Waals surface area contributed by atoms with Crippen molar-refractivity contribution < 1.29 is 4.79 Å². The lowest BCUT2D eigenvalue weighted by molar-refractivity contribution is 0.0718. The highest BCUT2D eigenvalue weighted by Crippen LogP contribution is 2.00. The van der Waals surface area contributed by atoms with Gasteiger partial charge in [0.15, 0.2) is 0 Å². The molecule has 0 aromatic carbocycles. The van der Waals surface area contributed by atoms with E-state index in [1.54, 1.807) is 11.9 Å². The van der Waals surface area contributed by atoms with E-state index in [0.717, 1.165) is 13.1 Å². The monoisotopic (exact) mass is 196 g/mol. The Morgan fingerprint density at radius 1 is 1.43 bits per heavy atom. The minimum atomic E-state index is -0.0981. The lowest BCUT2D eigenvalue weighted by Crippen LogP contribution is -2.47. The average molecular weight is 196 g/mol. The first-order chi connectivity index (χ1) is 6.79. The zero-order chi connectivity index (χ0) is 9.97. The third-order valence-corrected chi connectivity index (χ3v) is 2.22. The number of rotatable bonds is 1. The van der Waals surface area contributed by atoms with Gasteiger partial charge < -0.3 is 10.2 Å². The predicted octanol–water partition coefficient (Wildman–Crippen LogP) is -1.74. The van der Waals surface area contributed by atoms with Crippen molar-refractivity contribution >= 4 is 5.91 Å². The largest absolute Gasteiger partial charge is 0.333 e. The molecule has 0 aliphatic carbocycles. The Kier molecular flexibility index (Phi) is 2.40. The molecule has 1 amide bonds. The van der Waals surface area contributed by atoms with Crippen molar-refractivity contribution in [3.05, 3.63) is 5.82 Å². The molecule has 0 radical (unpaired) electrons. The van der Waals surface area contributed by atoms with Crippen LogP contribution >= 0.6 is 0 Å². The second kappa shape index (κ2) is 3.70. The fourth-order valence-corrected chi connectivity index (χ4v) is 1.42. The van der Waals surface area contributed by atoms with Gasteiger partial charge in [-0.3, -0.25) is 4.79 Å². The van der Waals surface area contributed by atoms with Crippen LogP contribution < -0.4 is 5.32 Å². The fraction of sp³-hybridized carbons (Fsp3) is 0.714. The summed E-state index contributed by atoms with van der Waals surface area (Å²) in [4.78, 5) is 13.6. The van der Waals surface area contributed by atoms with E-state index in [0.29, 0.717) is 18.9 Å². The maximum absolute atomic E-state index is 11.8. The van der Waals surface area contributed by atoms with E-state index in [-0.39, 0.29) is 5.91 Å². The summed E-state index contributed by atoms with van der Waals surface area (Å²) in [6.45, 7) is 3.09. The van der Waals surface area contributed by atoms with E-state index in [2.05, 4.69) is 20.8 Å². The van der Waals surface area contributed by atoms with Crippen molar-refractivity contribution in [3.8, 4) is 0 Å². The first kappa shape index (κ1) is 9.07. The van der Waals surface area contributed by atoms with Gasteiger partial charge in [0.05, 0.1) is 0 Å². The Balaban J connectivity index is 2.11. The molecule has 7 nitrogen and oxygen atoms in total.